The van der Waals surface area contributed by atoms with E-state index in [1.807, 2.05) is 0 Å². The fourth-order valence-electron chi connectivity index (χ4n) is 0. The van der Waals surface area contributed by atoms with Crippen LogP contribution in [0.15, 0.2) is 0 Å². The third-order valence-electron chi connectivity index (χ3n) is 0. The summed E-state index contributed by atoms with van der Waals surface area (Å²) in [7, 11) is -4.67. The Hall–Kier alpha value is 1.65. The van der Waals surface area contributed by atoms with Gasteiger partial charge < -0.3 is 0 Å². The monoisotopic (exact) mass is 488 g/mol. The van der Waals surface area contributed by atoms with Crippen LogP contribution in [0.3, 0.4) is 0 Å². The molecule has 0 aromatic heterocycles. The summed E-state index contributed by atoms with van der Waals surface area (Å²) < 4.78 is 63.7. The maximum absolute atomic E-state index is 8.87. The van der Waals surface area contributed by atoms with E-state index in [9.17, 15) is 0 Å². The molecule has 0 aliphatic carbocycles. The second kappa shape index (κ2) is 7.09. The van der Waals surface area contributed by atoms with E-state index in [1.54, 1.807) is 0 Å². The summed E-state index contributed by atoms with van der Waals surface area (Å²) in [5, 5.41) is 0. The molecule has 0 aromatic carbocycles. The van der Waals surface area contributed by atoms with E-state index in [1.165, 1.54) is 0 Å². The summed E-state index contributed by atoms with van der Waals surface area (Å²) in [5.41, 5.74) is 0. The van der Waals surface area contributed by atoms with Crippen molar-refractivity contribution < 1.29 is 48.6 Å². The summed E-state index contributed by atoms with van der Waals surface area (Å²) in [6, 6.07) is 0. The topological polar surface area (TPSA) is 149 Å². The quantitative estimate of drug-likeness (QED) is 0.210. The van der Waals surface area contributed by atoms with Crippen LogP contribution in [0, 0.1) is 0 Å². The minimum atomic E-state index is -5.67. The zero-order valence-corrected chi connectivity index (χ0v) is 7.99. The Kier molecular flexibility index (Phi) is 11.9. The van der Waals surface area contributed by atoms with E-state index in [0.29, 0.717) is 0 Å². The Balaban J connectivity index is -0.000000107. The molecule has 11 heteroatoms. The Labute approximate surface area is 106 Å². The fraction of sp³-hybridized carbons (Fsp3) is 0. The summed E-state index contributed by atoms with van der Waals surface area (Å²) in [5.74, 6) is 0. The third kappa shape index (κ3) is 399. The van der Waals surface area contributed by atoms with Crippen molar-refractivity contribution in [1.82, 2.24) is 0 Å². The van der Waals surface area contributed by atoms with Gasteiger partial charge in [-0.25, -0.2) is 0 Å². The molecule has 0 heterocycles. The van der Waals surface area contributed by atoms with Gasteiger partial charge in [0.25, 0.3) is 0 Å². The first-order chi connectivity index (χ1) is 4.00. The number of rotatable bonds is 0. The summed E-state index contributed by atoms with van der Waals surface area (Å²) in [4.78, 5) is 0. The molecule has 0 saturated carbocycles. The molecular weight excluding hydrogens is 481 g/mol. The van der Waals surface area contributed by atoms with Gasteiger partial charge in [-0.2, -0.15) is 8.42 Å². The van der Waals surface area contributed by atoms with Crippen molar-refractivity contribution in [3.8, 4) is 0 Å². The van der Waals surface area contributed by atoms with E-state index in [0.717, 1.165) is 0 Å². The van der Waals surface area contributed by atoms with Crippen molar-refractivity contribution in [2.45, 2.75) is 0 Å². The second-order valence-corrected chi connectivity index (χ2v) is 5.01. The van der Waals surface area contributed by atoms with Crippen molar-refractivity contribution >= 4 is 59.3 Å². The van der Waals surface area contributed by atoms with Crippen molar-refractivity contribution in [1.29, 1.82) is 0 Å². The Morgan fingerprint density at radius 1 is 1.00 bits per heavy atom. The molecule has 0 atom stereocenters. The summed E-state index contributed by atoms with van der Waals surface area (Å²) in [6.45, 7) is 0. The van der Waals surface area contributed by atoms with Gasteiger partial charge in [-0.3, -0.25) is 9.11 Å². The molecule has 0 amide bonds. The second-order valence-electron chi connectivity index (χ2n) is 0.896. The molecule has 0 spiro atoms. The van der Waals surface area contributed by atoms with E-state index >= 15 is 0 Å². The van der Waals surface area contributed by atoms with Crippen LogP contribution < -0.4 is 0 Å². The molecule has 11 heavy (non-hydrogen) atoms. The minimum absolute atomic E-state index is 0. The van der Waals surface area contributed by atoms with Crippen LogP contribution in [0.2, 0.25) is 0 Å². The van der Waals surface area contributed by atoms with Gasteiger partial charge in [0.05, 0.1) is 0 Å². The molecule has 0 fully saturated rings. The summed E-state index contributed by atoms with van der Waals surface area (Å²) in [6.07, 6.45) is 0. The maximum atomic E-state index is 8.87. The predicted molar refractivity (Wildman–Crippen MR) is 28.5 cm³/mol. The van der Waals surface area contributed by atoms with Gasteiger partial charge in [0.15, 0.2) is 0 Å². The normalized spacial score (nSPS) is 10.5. The molecule has 0 unspecified atom stereocenters. The van der Waals surface area contributed by atoms with Gasteiger partial charge in [0.1, 0.15) is 0 Å². The molecule has 0 aliphatic heterocycles. The van der Waals surface area contributed by atoms with Crippen LogP contribution in [-0.2, 0) is 33.9 Å². The van der Waals surface area contributed by atoms with E-state index < -0.39 is 27.1 Å². The van der Waals surface area contributed by atoms with Crippen molar-refractivity contribution in [2.24, 2.45) is 0 Å². The molecule has 8 nitrogen and oxygen atoms in total. The molecular formula is H6BaO8SW. The van der Waals surface area contributed by atoms with Crippen LogP contribution >= 0.6 is 0 Å². The Morgan fingerprint density at radius 2 is 1.00 bits per heavy atom. The standard InChI is InChI=1S/Ba.H2O4S.2H2O.2O.W.2H/c;1-5(2,3)4;;;;;;;/h;(H2,1,2,3,4);2*1H2;;;;;/q;;;;;;+2;;/p-2. The van der Waals surface area contributed by atoms with Gasteiger partial charge in [-0.05, 0) is 0 Å². The van der Waals surface area contributed by atoms with Gasteiger partial charge in [-0.1, -0.05) is 0 Å². The van der Waals surface area contributed by atoms with Crippen LogP contribution in [-0.4, -0.2) is 73.9 Å². The summed E-state index contributed by atoms with van der Waals surface area (Å²) >= 11 is -5.67. The molecule has 0 bridgehead atoms. The van der Waals surface area contributed by atoms with Gasteiger partial charge in [0.2, 0.25) is 0 Å². The molecule has 0 rings (SSSR count). The molecule has 0 radical (unpaired) electrons. The Morgan fingerprint density at radius 3 is 1.00 bits per heavy atom. The van der Waals surface area contributed by atoms with Gasteiger partial charge >= 0.3 is 90.3 Å². The first-order valence-electron chi connectivity index (χ1n) is 1.40. The number of hydrogen-bond acceptors (Lipinski definition) is 4. The molecule has 68 valence electrons. The molecule has 0 saturated heterocycles. The van der Waals surface area contributed by atoms with Crippen LogP contribution in [0.1, 0.15) is 0 Å². The molecule has 4 N–H and O–H groups in total. The third-order valence-corrected chi connectivity index (χ3v) is 0. The first-order valence-corrected chi connectivity index (χ1v) is 7.81. The average molecular weight is 487 g/mol. The number of hydrogen-bond donors (Lipinski definition) is 4. The van der Waals surface area contributed by atoms with Gasteiger partial charge in [0, 0.05) is 0 Å². The van der Waals surface area contributed by atoms with Crippen LogP contribution in [0.5, 0.6) is 0 Å². The van der Waals surface area contributed by atoms with E-state index in [4.69, 9.17) is 31.8 Å². The van der Waals surface area contributed by atoms with Gasteiger partial charge in [-0.15, -0.1) is 0 Å². The van der Waals surface area contributed by atoms with E-state index in [-0.39, 0.29) is 48.9 Å². The SMILES string of the molecule is O=S(=O)(O)O.[BaH2].[O]=[W](=[O])([OH])[OH]. The van der Waals surface area contributed by atoms with E-state index in [2.05, 4.69) is 0 Å². The fourth-order valence-corrected chi connectivity index (χ4v) is 0. The van der Waals surface area contributed by atoms with Crippen molar-refractivity contribution in [3.63, 3.8) is 0 Å². The van der Waals surface area contributed by atoms with Crippen molar-refractivity contribution in [3.05, 3.63) is 0 Å². The zero-order chi connectivity index (χ0) is 9.00. The first kappa shape index (κ1) is 18.4. The average Bonchev–Trinajstić information content (AvgIpc) is 1.12. The molecule has 0 aliphatic rings. The van der Waals surface area contributed by atoms with Crippen molar-refractivity contribution in [2.75, 3.05) is 0 Å². The van der Waals surface area contributed by atoms with Crippen LogP contribution in [0.4, 0.5) is 0 Å². The van der Waals surface area contributed by atoms with Crippen LogP contribution in [0.25, 0.3) is 0 Å². The predicted octanol–water partition coefficient (Wildman–Crippen LogP) is -2.92. The zero-order valence-electron chi connectivity index (χ0n) is 4.24. The molecule has 0 aromatic rings. The Bertz CT molecular complexity index is 210.